The number of carbonyl (C=O) groups is 2. The number of aromatic nitrogens is 1. The highest BCUT2D eigenvalue weighted by molar-refractivity contribution is 5.95. The summed E-state index contributed by atoms with van der Waals surface area (Å²) in [5.74, 6) is -0.0498. The van der Waals surface area contributed by atoms with Crippen LogP contribution in [0.3, 0.4) is 0 Å². The Morgan fingerprint density at radius 1 is 1.14 bits per heavy atom. The fraction of sp³-hybridized carbons (Fsp3) is 0.188. The Hall–Kier alpha value is -2.73. The first-order valence-corrected chi connectivity index (χ1v) is 6.88. The maximum atomic E-state index is 12.0. The Labute approximate surface area is 128 Å². The summed E-state index contributed by atoms with van der Waals surface area (Å²) >= 11 is 0. The summed E-state index contributed by atoms with van der Waals surface area (Å²) in [4.78, 5) is 27.0. The summed E-state index contributed by atoms with van der Waals surface area (Å²) in [5.41, 5.74) is 7.44. The number of amides is 2. The van der Waals surface area contributed by atoms with E-state index in [0.717, 1.165) is 5.56 Å². The maximum absolute atomic E-state index is 12.0. The third-order valence-electron chi connectivity index (χ3n) is 2.97. The van der Waals surface area contributed by atoms with E-state index in [-0.39, 0.29) is 11.8 Å². The van der Waals surface area contributed by atoms with Gasteiger partial charge in [0.1, 0.15) is 5.82 Å². The Bertz CT molecular complexity index is 641. The largest absolute Gasteiger partial charge is 0.323 e. The van der Waals surface area contributed by atoms with E-state index in [9.17, 15) is 9.59 Å². The molecule has 4 N–H and O–H groups in total. The van der Waals surface area contributed by atoms with Gasteiger partial charge in [-0.05, 0) is 24.1 Å². The fourth-order valence-corrected chi connectivity index (χ4v) is 1.92. The number of pyridine rings is 1. The first kappa shape index (κ1) is 15.7. The standard InChI is InChI=1S/C16H18N4O2/c1-11(21)19-15-8-7-13(10-18-15)20-16(22)14(17)9-12-5-3-2-4-6-12/h2-8,10,14H,9,17H2,1H3,(H,20,22)(H,18,19,21). The van der Waals surface area contributed by atoms with Crippen molar-refractivity contribution in [2.75, 3.05) is 10.6 Å². The Morgan fingerprint density at radius 2 is 1.86 bits per heavy atom. The minimum atomic E-state index is -0.641. The van der Waals surface area contributed by atoms with Crippen LogP contribution in [0.15, 0.2) is 48.7 Å². The molecular weight excluding hydrogens is 280 g/mol. The van der Waals surface area contributed by atoms with Gasteiger partial charge in [0, 0.05) is 6.92 Å². The number of hydrogen-bond donors (Lipinski definition) is 3. The quantitative estimate of drug-likeness (QED) is 0.780. The molecule has 0 radical (unpaired) electrons. The van der Waals surface area contributed by atoms with Crippen LogP contribution >= 0.6 is 0 Å². The average Bonchev–Trinajstić information content (AvgIpc) is 2.49. The van der Waals surface area contributed by atoms with Crippen LogP contribution in [0.4, 0.5) is 11.5 Å². The van der Waals surface area contributed by atoms with Gasteiger partial charge in [0.2, 0.25) is 11.8 Å². The smallest absolute Gasteiger partial charge is 0.241 e. The van der Waals surface area contributed by atoms with E-state index >= 15 is 0 Å². The van der Waals surface area contributed by atoms with Crippen molar-refractivity contribution >= 4 is 23.3 Å². The summed E-state index contributed by atoms with van der Waals surface area (Å²) < 4.78 is 0. The van der Waals surface area contributed by atoms with Crippen LogP contribution < -0.4 is 16.4 Å². The number of nitrogens with zero attached hydrogens (tertiary/aromatic N) is 1. The molecule has 6 nitrogen and oxygen atoms in total. The number of rotatable bonds is 5. The molecule has 1 aromatic carbocycles. The predicted molar refractivity (Wildman–Crippen MR) is 85.3 cm³/mol. The van der Waals surface area contributed by atoms with Gasteiger partial charge in [-0.2, -0.15) is 0 Å². The topological polar surface area (TPSA) is 97.1 Å². The highest BCUT2D eigenvalue weighted by Gasteiger charge is 2.14. The molecule has 1 aromatic heterocycles. The van der Waals surface area contributed by atoms with Crippen molar-refractivity contribution in [1.82, 2.24) is 4.98 Å². The first-order chi connectivity index (χ1) is 10.5. The molecule has 0 spiro atoms. The molecule has 6 heteroatoms. The fourth-order valence-electron chi connectivity index (χ4n) is 1.92. The van der Waals surface area contributed by atoms with Gasteiger partial charge in [-0.3, -0.25) is 9.59 Å². The van der Waals surface area contributed by atoms with Gasteiger partial charge >= 0.3 is 0 Å². The van der Waals surface area contributed by atoms with Crippen molar-refractivity contribution in [3.05, 3.63) is 54.2 Å². The third-order valence-corrected chi connectivity index (χ3v) is 2.97. The molecule has 114 valence electrons. The molecule has 1 heterocycles. The molecule has 0 aliphatic carbocycles. The van der Waals surface area contributed by atoms with E-state index < -0.39 is 6.04 Å². The molecule has 0 aliphatic rings. The second-order valence-electron chi connectivity index (χ2n) is 4.90. The third kappa shape index (κ3) is 4.68. The van der Waals surface area contributed by atoms with Crippen LogP contribution in [-0.2, 0) is 16.0 Å². The van der Waals surface area contributed by atoms with Gasteiger partial charge in [0.05, 0.1) is 17.9 Å². The van der Waals surface area contributed by atoms with Gasteiger partial charge in [0.15, 0.2) is 0 Å². The molecule has 0 bridgehead atoms. The maximum Gasteiger partial charge on any atom is 0.241 e. The summed E-state index contributed by atoms with van der Waals surface area (Å²) in [6.45, 7) is 1.40. The second-order valence-corrected chi connectivity index (χ2v) is 4.90. The molecule has 2 amide bonds. The van der Waals surface area contributed by atoms with Crippen LogP contribution in [0, 0.1) is 0 Å². The molecule has 0 saturated carbocycles. The molecule has 1 atom stereocenters. The molecule has 2 aromatic rings. The summed E-state index contributed by atoms with van der Waals surface area (Å²) in [7, 11) is 0. The molecule has 1 unspecified atom stereocenters. The van der Waals surface area contributed by atoms with Crippen molar-refractivity contribution in [2.45, 2.75) is 19.4 Å². The zero-order valence-corrected chi connectivity index (χ0v) is 12.2. The van der Waals surface area contributed by atoms with Crippen molar-refractivity contribution in [1.29, 1.82) is 0 Å². The SMILES string of the molecule is CC(=O)Nc1ccc(NC(=O)C(N)Cc2ccccc2)cn1. The number of carbonyl (C=O) groups excluding carboxylic acids is 2. The van der Waals surface area contributed by atoms with Gasteiger partial charge in [-0.1, -0.05) is 30.3 Å². The van der Waals surface area contributed by atoms with Crippen LogP contribution in [-0.4, -0.2) is 22.8 Å². The molecular formula is C16H18N4O2. The highest BCUT2D eigenvalue weighted by Crippen LogP contribution is 2.10. The molecule has 2 rings (SSSR count). The summed E-state index contributed by atoms with van der Waals surface area (Å²) in [6.07, 6.45) is 1.93. The van der Waals surface area contributed by atoms with Crippen LogP contribution in [0.2, 0.25) is 0 Å². The number of nitrogens with two attached hydrogens (primary N) is 1. The summed E-state index contributed by atoms with van der Waals surface area (Å²) in [5, 5.41) is 5.26. The van der Waals surface area contributed by atoms with Gasteiger partial charge in [-0.15, -0.1) is 0 Å². The molecule has 0 saturated heterocycles. The van der Waals surface area contributed by atoms with Crippen molar-refractivity contribution < 1.29 is 9.59 Å². The lowest BCUT2D eigenvalue weighted by molar-refractivity contribution is -0.117. The van der Waals surface area contributed by atoms with Crippen molar-refractivity contribution in [3.8, 4) is 0 Å². The van der Waals surface area contributed by atoms with E-state index in [4.69, 9.17) is 5.73 Å². The zero-order valence-electron chi connectivity index (χ0n) is 12.2. The Kier molecular flexibility index (Phi) is 5.21. The first-order valence-electron chi connectivity index (χ1n) is 6.88. The van der Waals surface area contributed by atoms with E-state index in [2.05, 4.69) is 15.6 Å². The molecule has 0 aliphatic heterocycles. The van der Waals surface area contributed by atoms with E-state index in [0.29, 0.717) is 17.9 Å². The average molecular weight is 298 g/mol. The Balaban J connectivity index is 1.92. The normalized spacial score (nSPS) is 11.5. The van der Waals surface area contributed by atoms with Crippen LogP contribution in [0.25, 0.3) is 0 Å². The Morgan fingerprint density at radius 3 is 2.45 bits per heavy atom. The van der Waals surface area contributed by atoms with Gasteiger partial charge < -0.3 is 16.4 Å². The zero-order chi connectivity index (χ0) is 15.9. The monoisotopic (exact) mass is 298 g/mol. The van der Waals surface area contributed by atoms with E-state index in [1.54, 1.807) is 12.1 Å². The van der Waals surface area contributed by atoms with E-state index in [1.807, 2.05) is 30.3 Å². The summed E-state index contributed by atoms with van der Waals surface area (Å²) in [6, 6.07) is 12.2. The number of anilines is 2. The number of nitrogens with one attached hydrogen (secondary N) is 2. The van der Waals surface area contributed by atoms with Crippen LogP contribution in [0.1, 0.15) is 12.5 Å². The van der Waals surface area contributed by atoms with E-state index in [1.165, 1.54) is 13.1 Å². The number of hydrogen-bond acceptors (Lipinski definition) is 4. The lowest BCUT2D eigenvalue weighted by atomic mass is 10.1. The van der Waals surface area contributed by atoms with Crippen molar-refractivity contribution in [2.24, 2.45) is 5.73 Å². The lowest BCUT2D eigenvalue weighted by Gasteiger charge is -2.12. The second kappa shape index (κ2) is 7.33. The molecule has 22 heavy (non-hydrogen) atoms. The minimum absolute atomic E-state index is 0.200. The van der Waals surface area contributed by atoms with Gasteiger partial charge in [0.25, 0.3) is 0 Å². The van der Waals surface area contributed by atoms with Gasteiger partial charge in [-0.25, -0.2) is 4.98 Å². The molecule has 0 fully saturated rings. The number of benzene rings is 1. The predicted octanol–water partition coefficient (Wildman–Crippen LogP) is 1.55. The highest BCUT2D eigenvalue weighted by atomic mass is 16.2. The lowest BCUT2D eigenvalue weighted by Crippen LogP contribution is -2.37. The van der Waals surface area contributed by atoms with Crippen LogP contribution in [0.5, 0.6) is 0 Å². The minimum Gasteiger partial charge on any atom is -0.323 e. The van der Waals surface area contributed by atoms with Crippen molar-refractivity contribution in [3.63, 3.8) is 0 Å².